The van der Waals surface area contributed by atoms with Crippen molar-refractivity contribution in [3.63, 3.8) is 0 Å². The van der Waals surface area contributed by atoms with E-state index in [9.17, 15) is 0 Å². The molecule has 2 aromatic rings. The molecule has 7 nitrogen and oxygen atoms in total. The van der Waals surface area contributed by atoms with Crippen LogP contribution in [0.1, 0.15) is 30.0 Å². The lowest BCUT2D eigenvalue weighted by molar-refractivity contribution is 0.388. The van der Waals surface area contributed by atoms with Crippen molar-refractivity contribution in [2.24, 2.45) is 0 Å². The minimum atomic E-state index is 0.442. The van der Waals surface area contributed by atoms with Crippen LogP contribution in [0.2, 0.25) is 0 Å². The Morgan fingerprint density at radius 3 is 2.56 bits per heavy atom. The number of nitrogens with zero attached hydrogens (tertiary/aromatic N) is 4. The highest BCUT2D eigenvalue weighted by Crippen LogP contribution is 2.17. The maximum Gasteiger partial charge on any atom is 0.223 e. The molecule has 0 radical (unpaired) electrons. The summed E-state index contributed by atoms with van der Waals surface area (Å²) in [5.41, 5.74) is 6.66. The molecule has 0 fully saturated rings. The Hall–Kier alpha value is -2.18. The van der Waals surface area contributed by atoms with Gasteiger partial charge >= 0.3 is 0 Å². The van der Waals surface area contributed by atoms with Gasteiger partial charge in [-0.05, 0) is 6.92 Å². The zero-order chi connectivity index (χ0) is 13.1. The highest BCUT2D eigenvalue weighted by molar-refractivity contribution is 5.54. The SMILES string of the molecule is CCc1nc(N)c(C)c(NCc2noc(C)n2)n1. The molecule has 3 N–H and O–H groups in total. The smallest absolute Gasteiger partial charge is 0.223 e. The Morgan fingerprint density at radius 2 is 1.94 bits per heavy atom. The molecule has 0 aliphatic rings. The molecule has 0 bridgehead atoms. The van der Waals surface area contributed by atoms with E-state index in [1.807, 2.05) is 13.8 Å². The van der Waals surface area contributed by atoms with E-state index in [1.165, 1.54) is 0 Å². The number of nitrogen functional groups attached to an aromatic ring is 1. The molecule has 0 unspecified atom stereocenters. The van der Waals surface area contributed by atoms with E-state index in [2.05, 4.69) is 25.4 Å². The fourth-order valence-electron chi connectivity index (χ4n) is 1.49. The summed E-state index contributed by atoms with van der Waals surface area (Å²) < 4.78 is 4.89. The first-order valence-corrected chi connectivity index (χ1v) is 5.76. The first kappa shape index (κ1) is 12.3. The zero-order valence-electron chi connectivity index (χ0n) is 10.7. The molecule has 0 aliphatic heterocycles. The van der Waals surface area contributed by atoms with E-state index < -0.39 is 0 Å². The number of nitrogens with two attached hydrogens (primary N) is 1. The highest BCUT2D eigenvalue weighted by atomic mass is 16.5. The third-order valence-electron chi connectivity index (χ3n) is 2.53. The first-order valence-electron chi connectivity index (χ1n) is 5.76. The van der Waals surface area contributed by atoms with Crippen molar-refractivity contribution in [3.8, 4) is 0 Å². The number of anilines is 2. The predicted octanol–water partition coefficient (Wildman–Crippen LogP) is 1.23. The van der Waals surface area contributed by atoms with Crippen LogP contribution in [0.15, 0.2) is 4.52 Å². The Morgan fingerprint density at radius 1 is 1.17 bits per heavy atom. The van der Waals surface area contributed by atoms with Gasteiger partial charge in [0, 0.05) is 18.9 Å². The minimum absolute atomic E-state index is 0.442. The Bertz CT molecular complexity index is 550. The number of hydrogen-bond acceptors (Lipinski definition) is 7. The van der Waals surface area contributed by atoms with Gasteiger partial charge in [-0.1, -0.05) is 12.1 Å². The van der Waals surface area contributed by atoms with E-state index in [0.29, 0.717) is 35.7 Å². The molecule has 2 rings (SSSR count). The van der Waals surface area contributed by atoms with Crippen LogP contribution in [0.3, 0.4) is 0 Å². The molecule has 0 saturated carbocycles. The average Bonchev–Trinajstić information content (AvgIpc) is 2.77. The van der Waals surface area contributed by atoms with E-state index >= 15 is 0 Å². The van der Waals surface area contributed by atoms with Gasteiger partial charge in [-0.25, -0.2) is 9.97 Å². The summed E-state index contributed by atoms with van der Waals surface area (Å²) in [6, 6.07) is 0. The van der Waals surface area contributed by atoms with E-state index in [1.54, 1.807) is 6.92 Å². The van der Waals surface area contributed by atoms with Gasteiger partial charge in [0.15, 0.2) is 5.82 Å². The van der Waals surface area contributed by atoms with Crippen LogP contribution in [0.4, 0.5) is 11.6 Å². The molecule has 0 spiro atoms. The summed E-state index contributed by atoms with van der Waals surface area (Å²) in [4.78, 5) is 12.7. The minimum Gasteiger partial charge on any atom is -0.383 e. The summed E-state index contributed by atoms with van der Waals surface area (Å²) in [7, 11) is 0. The molecular weight excluding hydrogens is 232 g/mol. The van der Waals surface area contributed by atoms with Crippen LogP contribution < -0.4 is 11.1 Å². The summed E-state index contributed by atoms with van der Waals surface area (Å²) in [6.07, 6.45) is 0.737. The number of aromatic nitrogens is 4. The molecule has 2 heterocycles. The first-order chi connectivity index (χ1) is 8.60. The lowest BCUT2D eigenvalue weighted by atomic mass is 10.3. The normalized spacial score (nSPS) is 10.6. The van der Waals surface area contributed by atoms with Crippen LogP contribution in [-0.2, 0) is 13.0 Å². The van der Waals surface area contributed by atoms with Crippen LogP contribution in [0, 0.1) is 13.8 Å². The molecule has 7 heteroatoms. The average molecular weight is 248 g/mol. The van der Waals surface area contributed by atoms with Crippen molar-refractivity contribution in [2.75, 3.05) is 11.1 Å². The van der Waals surface area contributed by atoms with E-state index in [-0.39, 0.29) is 0 Å². The lowest BCUT2D eigenvalue weighted by Gasteiger charge is -2.09. The second kappa shape index (κ2) is 4.99. The van der Waals surface area contributed by atoms with Crippen molar-refractivity contribution >= 4 is 11.6 Å². The second-order valence-electron chi connectivity index (χ2n) is 3.94. The summed E-state index contributed by atoms with van der Waals surface area (Å²) in [5.74, 6) is 3.04. The maximum atomic E-state index is 5.83. The van der Waals surface area contributed by atoms with Gasteiger partial charge in [0.25, 0.3) is 0 Å². The number of nitrogens with one attached hydrogen (secondary N) is 1. The maximum absolute atomic E-state index is 5.83. The molecular formula is C11H16N6O. The monoisotopic (exact) mass is 248 g/mol. The molecule has 0 saturated heterocycles. The second-order valence-corrected chi connectivity index (χ2v) is 3.94. The van der Waals surface area contributed by atoms with Gasteiger partial charge < -0.3 is 15.6 Å². The van der Waals surface area contributed by atoms with Crippen molar-refractivity contribution in [2.45, 2.75) is 33.7 Å². The van der Waals surface area contributed by atoms with Gasteiger partial charge in [-0.2, -0.15) is 4.98 Å². The molecule has 0 atom stereocenters. The summed E-state index contributed by atoms with van der Waals surface area (Å²) in [5, 5.41) is 6.94. The van der Waals surface area contributed by atoms with Crippen molar-refractivity contribution in [3.05, 3.63) is 23.1 Å². The molecule has 18 heavy (non-hydrogen) atoms. The molecule has 2 aromatic heterocycles. The Kier molecular flexibility index (Phi) is 3.40. The number of hydrogen-bond donors (Lipinski definition) is 2. The fraction of sp³-hybridized carbons (Fsp3) is 0.455. The highest BCUT2D eigenvalue weighted by Gasteiger charge is 2.09. The van der Waals surface area contributed by atoms with E-state index in [0.717, 1.165) is 12.0 Å². The van der Waals surface area contributed by atoms with Gasteiger partial charge in [0.05, 0.1) is 6.54 Å². The Balaban J connectivity index is 2.15. The van der Waals surface area contributed by atoms with Crippen molar-refractivity contribution in [1.82, 2.24) is 20.1 Å². The molecule has 96 valence electrons. The topological polar surface area (TPSA) is 103 Å². The quantitative estimate of drug-likeness (QED) is 0.838. The summed E-state index contributed by atoms with van der Waals surface area (Å²) in [6.45, 7) is 6.05. The fourth-order valence-corrected chi connectivity index (χ4v) is 1.49. The van der Waals surface area contributed by atoms with Crippen molar-refractivity contribution < 1.29 is 4.52 Å². The summed E-state index contributed by atoms with van der Waals surface area (Å²) >= 11 is 0. The predicted molar refractivity (Wildman–Crippen MR) is 66.9 cm³/mol. The molecule has 0 aromatic carbocycles. The number of aryl methyl sites for hydroxylation is 2. The zero-order valence-corrected chi connectivity index (χ0v) is 10.7. The van der Waals surface area contributed by atoms with Crippen LogP contribution >= 0.6 is 0 Å². The van der Waals surface area contributed by atoms with Gasteiger partial charge in [0.2, 0.25) is 5.89 Å². The molecule has 0 aliphatic carbocycles. The molecule has 0 amide bonds. The standard InChI is InChI=1S/C11H16N6O/c1-4-8-15-10(12)6(2)11(16-8)13-5-9-14-7(3)18-17-9/h4-5H2,1-3H3,(H3,12,13,15,16). The third kappa shape index (κ3) is 2.55. The van der Waals surface area contributed by atoms with Crippen molar-refractivity contribution in [1.29, 1.82) is 0 Å². The van der Waals surface area contributed by atoms with Gasteiger partial charge in [-0.15, -0.1) is 0 Å². The van der Waals surface area contributed by atoms with Crippen LogP contribution in [-0.4, -0.2) is 20.1 Å². The Labute approximate surface area is 105 Å². The lowest BCUT2D eigenvalue weighted by Crippen LogP contribution is -2.10. The third-order valence-corrected chi connectivity index (χ3v) is 2.53. The largest absolute Gasteiger partial charge is 0.383 e. The van der Waals surface area contributed by atoms with E-state index in [4.69, 9.17) is 10.3 Å². The van der Waals surface area contributed by atoms with Gasteiger partial charge in [0.1, 0.15) is 17.5 Å². The van der Waals surface area contributed by atoms with Gasteiger partial charge in [-0.3, -0.25) is 0 Å². The number of rotatable bonds is 4. The van der Waals surface area contributed by atoms with Crippen LogP contribution in [0.25, 0.3) is 0 Å². The van der Waals surface area contributed by atoms with Crippen LogP contribution in [0.5, 0.6) is 0 Å².